The van der Waals surface area contributed by atoms with Crippen molar-refractivity contribution in [1.29, 1.82) is 0 Å². The Labute approximate surface area is 146 Å². The second kappa shape index (κ2) is 8.41. The van der Waals surface area contributed by atoms with Gasteiger partial charge < -0.3 is 10.4 Å². The SMILES string of the molecule is CCCCC(NC(=O)c1ccc(CN2C(=O)CCC2=O)cc1)C(=O)O. The summed E-state index contributed by atoms with van der Waals surface area (Å²) in [5.74, 6) is -1.88. The predicted octanol–water partition coefficient (Wildman–Crippen LogP) is 1.71. The lowest BCUT2D eigenvalue weighted by Gasteiger charge is -2.15. The lowest BCUT2D eigenvalue weighted by molar-refractivity contribution is -0.140. The number of likely N-dealkylation sites (tertiary alicyclic amines) is 1. The predicted molar refractivity (Wildman–Crippen MR) is 89.6 cm³/mol. The minimum Gasteiger partial charge on any atom is -0.480 e. The fourth-order valence-corrected chi connectivity index (χ4v) is 2.65. The second-order valence-corrected chi connectivity index (χ2v) is 6.08. The summed E-state index contributed by atoms with van der Waals surface area (Å²) in [5, 5.41) is 11.7. The van der Waals surface area contributed by atoms with E-state index in [1.807, 2.05) is 6.92 Å². The van der Waals surface area contributed by atoms with Crippen LogP contribution >= 0.6 is 0 Å². The van der Waals surface area contributed by atoms with E-state index >= 15 is 0 Å². The molecule has 1 aromatic rings. The highest BCUT2D eigenvalue weighted by atomic mass is 16.4. The van der Waals surface area contributed by atoms with E-state index in [0.717, 1.165) is 12.0 Å². The van der Waals surface area contributed by atoms with Crippen molar-refractivity contribution in [3.63, 3.8) is 0 Å². The number of hydrogen-bond donors (Lipinski definition) is 2. The van der Waals surface area contributed by atoms with E-state index in [1.54, 1.807) is 24.3 Å². The molecule has 1 aromatic carbocycles. The summed E-state index contributed by atoms with van der Waals surface area (Å²) >= 11 is 0. The van der Waals surface area contributed by atoms with Crippen LogP contribution in [0.25, 0.3) is 0 Å². The van der Waals surface area contributed by atoms with Crippen molar-refractivity contribution < 1.29 is 24.3 Å². The third kappa shape index (κ3) is 4.89. The van der Waals surface area contributed by atoms with Crippen molar-refractivity contribution in [3.8, 4) is 0 Å². The molecule has 3 amide bonds. The molecule has 1 atom stereocenters. The van der Waals surface area contributed by atoms with Gasteiger partial charge in [0.15, 0.2) is 0 Å². The second-order valence-electron chi connectivity index (χ2n) is 6.08. The molecule has 1 saturated heterocycles. The Kier molecular flexibility index (Phi) is 6.27. The first kappa shape index (κ1) is 18.6. The summed E-state index contributed by atoms with van der Waals surface area (Å²) in [6.07, 6.45) is 2.44. The summed E-state index contributed by atoms with van der Waals surface area (Å²) in [5.41, 5.74) is 1.08. The van der Waals surface area contributed by atoms with Gasteiger partial charge in [0.05, 0.1) is 6.54 Å². The number of amides is 3. The van der Waals surface area contributed by atoms with Gasteiger partial charge in [-0.15, -0.1) is 0 Å². The number of imide groups is 1. The Hall–Kier alpha value is -2.70. The van der Waals surface area contributed by atoms with Crippen molar-refractivity contribution in [2.45, 2.75) is 51.6 Å². The quantitative estimate of drug-likeness (QED) is 0.697. The zero-order valence-corrected chi connectivity index (χ0v) is 14.2. The lowest BCUT2D eigenvalue weighted by atomic mass is 10.1. The fraction of sp³-hybridized carbons (Fsp3) is 0.444. The molecule has 0 saturated carbocycles. The Bertz CT molecular complexity index is 653. The van der Waals surface area contributed by atoms with Crippen LogP contribution in [-0.4, -0.2) is 39.7 Å². The summed E-state index contributed by atoms with van der Waals surface area (Å²) in [6.45, 7) is 2.14. The third-order valence-corrected chi connectivity index (χ3v) is 4.16. The Balaban J connectivity index is 1.98. The maximum absolute atomic E-state index is 12.2. The lowest BCUT2D eigenvalue weighted by Crippen LogP contribution is -2.40. The maximum atomic E-state index is 12.2. The van der Waals surface area contributed by atoms with Gasteiger partial charge >= 0.3 is 5.97 Å². The normalized spacial score (nSPS) is 15.3. The van der Waals surface area contributed by atoms with Crippen molar-refractivity contribution in [1.82, 2.24) is 10.2 Å². The van der Waals surface area contributed by atoms with Gasteiger partial charge in [-0.1, -0.05) is 31.9 Å². The summed E-state index contributed by atoms with van der Waals surface area (Å²) in [7, 11) is 0. The smallest absolute Gasteiger partial charge is 0.326 e. The number of unbranched alkanes of at least 4 members (excludes halogenated alkanes) is 1. The molecular weight excluding hydrogens is 324 g/mol. The zero-order valence-electron chi connectivity index (χ0n) is 14.2. The fourth-order valence-electron chi connectivity index (χ4n) is 2.65. The van der Waals surface area contributed by atoms with Crippen LogP contribution in [0, 0.1) is 0 Å². The largest absolute Gasteiger partial charge is 0.480 e. The standard InChI is InChI=1S/C18H22N2O5/c1-2-3-4-14(18(24)25)19-17(23)13-7-5-12(6-8-13)11-20-15(21)9-10-16(20)22/h5-8,14H,2-4,9-11H2,1H3,(H,19,23)(H,24,25). The van der Waals surface area contributed by atoms with Gasteiger partial charge in [0.25, 0.3) is 5.91 Å². The van der Waals surface area contributed by atoms with Gasteiger partial charge in [0.1, 0.15) is 6.04 Å². The molecule has 0 bridgehead atoms. The molecule has 1 aliphatic rings. The van der Waals surface area contributed by atoms with Crippen LogP contribution in [0.5, 0.6) is 0 Å². The molecule has 1 fully saturated rings. The minimum absolute atomic E-state index is 0.188. The number of carbonyl (C=O) groups excluding carboxylic acids is 3. The maximum Gasteiger partial charge on any atom is 0.326 e. The average molecular weight is 346 g/mol. The Morgan fingerprint density at radius 1 is 1.16 bits per heavy atom. The molecule has 1 unspecified atom stereocenters. The number of nitrogens with one attached hydrogen (secondary N) is 1. The number of benzene rings is 1. The first-order chi connectivity index (χ1) is 11.9. The number of carbonyl (C=O) groups is 4. The first-order valence-electron chi connectivity index (χ1n) is 8.38. The number of nitrogens with zero attached hydrogens (tertiary/aromatic N) is 1. The molecule has 0 aliphatic carbocycles. The van der Waals surface area contributed by atoms with Crippen molar-refractivity contribution in [2.75, 3.05) is 0 Å². The van der Waals surface area contributed by atoms with Crippen molar-refractivity contribution in [3.05, 3.63) is 35.4 Å². The van der Waals surface area contributed by atoms with E-state index in [9.17, 15) is 19.2 Å². The number of aliphatic carboxylic acids is 1. The van der Waals surface area contributed by atoms with E-state index in [2.05, 4.69) is 5.32 Å². The number of rotatable bonds is 8. The molecule has 1 aliphatic heterocycles. The molecule has 134 valence electrons. The average Bonchev–Trinajstić information content (AvgIpc) is 2.90. The Morgan fingerprint density at radius 3 is 2.28 bits per heavy atom. The van der Waals surface area contributed by atoms with Gasteiger partial charge in [-0.2, -0.15) is 0 Å². The molecule has 25 heavy (non-hydrogen) atoms. The number of carboxylic acid groups (broad SMARTS) is 1. The van der Waals surface area contributed by atoms with Crippen LogP contribution in [0.4, 0.5) is 0 Å². The van der Waals surface area contributed by atoms with E-state index < -0.39 is 17.9 Å². The van der Waals surface area contributed by atoms with E-state index in [4.69, 9.17) is 5.11 Å². The molecule has 0 radical (unpaired) electrons. The monoisotopic (exact) mass is 346 g/mol. The highest BCUT2D eigenvalue weighted by Gasteiger charge is 2.28. The summed E-state index contributed by atoms with van der Waals surface area (Å²) in [4.78, 5) is 47.8. The van der Waals surface area contributed by atoms with Crippen LogP contribution in [0.1, 0.15) is 54.9 Å². The molecule has 7 heteroatoms. The van der Waals surface area contributed by atoms with Crippen LogP contribution in [0.3, 0.4) is 0 Å². The van der Waals surface area contributed by atoms with Gasteiger partial charge in [-0.25, -0.2) is 4.79 Å². The summed E-state index contributed by atoms with van der Waals surface area (Å²) in [6, 6.07) is 5.54. The minimum atomic E-state index is -1.05. The molecule has 2 rings (SSSR count). The number of carboxylic acids is 1. The van der Waals surface area contributed by atoms with E-state index in [1.165, 1.54) is 4.90 Å². The highest BCUT2D eigenvalue weighted by Crippen LogP contribution is 2.16. The van der Waals surface area contributed by atoms with Gasteiger partial charge in [-0.3, -0.25) is 19.3 Å². The van der Waals surface area contributed by atoms with Gasteiger partial charge in [0, 0.05) is 18.4 Å². The summed E-state index contributed by atoms with van der Waals surface area (Å²) < 4.78 is 0. The molecule has 7 nitrogen and oxygen atoms in total. The molecule has 0 aromatic heterocycles. The van der Waals surface area contributed by atoms with E-state index in [-0.39, 0.29) is 31.2 Å². The third-order valence-electron chi connectivity index (χ3n) is 4.16. The topological polar surface area (TPSA) is 104 Å². The Morgan fingerprint density at radius 2 is 1.76 bits per heavy atom. The number of hydrogen-bond acceptors (Lipinski definition) is 4. The van der Waals surface area contributed by atoms with Crippen molar-refractivity contribution >= 4 is 23.7 Å². The van der Waals surface area contributed by atoms with Crippen LogP contribution in [0.15, 0.2) is 24.3 Å². The van der Waals surface area contributed by atoms with Gasteiger partial charge in [0.2, 0.25) is 11.8 Å². The highest BCUT2D eigenvalue weighted by molar-refractivity contribution is 6.01. The van der Waals surface area contributed by atoms with Gasteiger partial charge in [-0.05, 0) is 24.1 Å². The molecule has 0 spiro atoms. The molecule has 1 heterocycles. The van der Waals surface area contributed by atoms with Crippen molar-refractivity contribution in [2.24, 2.45) is 0 Å². The van der Waals surface area contributed by atoms with E-state index in [0.29, 0.717) is 18.4 Å². The van der Waals surface area contributed by atoms with Crippen LogP contribution in [-0.2, 0) is 20.9 Å². The molecule has 2 N–H and O–H groups in total. The zero-order chi connectivity index (χ0) is 18.4. The molecular formula is C18H22N2O5. The first-order valence-corrected chi connectivity index (χ1v) is 8.38. The van der Waals surface area contributed by atoms with Crippen LogP contribution < -0.4 is 5.32 Å². The van der Waals surface area contributed by atoms with Crippen LogP contribution in [0.2, 0.25) is 0 Å².